The molecule has 0 fully saturated rings. The zero-order valence-electron chi connectivity index (χ0n) is 12.4. The van der Waals surface area contributed by atoms with Crippen LogP contribution in [0.1, 0.15) is 32.0 Å². The van der Waals surface area contributed by atoms with Crippen molar-refractivity contribution >= 4 is 11.9 Å². The maximum Gasteiger partial charge on any atom is 0.339 e. The van der Waals surface area contributed by atoms with Crippen molar-refractivity contribution in [2.24, 2.45) is 0 Å². The minimum Gasteiger partial charge on any atom is -0.496 e. The van der Waals surface area contributed by atoms with Gasteiger partial charge >= 0.3 is 5.97 Å². The topological polar surface area (TPSA) is 88.8 Å². The smallest absolute Gasteiger partial charge is 0.339 e. The summed E-state index contributed by atoms with van der Waals surface area (Å²) in [5.41, 5.74) is 0.930. The Hall–Kier alpha value is -2.76. The van der Waals surface area contributed by atoms with E-state index in [0.717, 1.165) is 5.76 Å². The van der Waals surface area contributed by atoms with Gasteiger partial charge in [0.15, 0.2) is 0 Å². The number of hydrogen-bond acceptors (Lipinski definition) is 4. The molecule has 22 heavy (non-hydrogen) atoms. The van der Waals surface area contributed by atoms with E-state index in [-0.39, 0.29) is 17.2 Å². The predicted molar refractivity (Wildman–Crippen MR) is 79.4 cm³/mol. The van der Waals surface area contributed by atoms with Gasteiger partial charge in [-0.05, 0) is 36.8 Å². The Labute approximate surface area is 127 Å². The largest absolute Gasteiger partial charge is 0.496 e. The van der Waals surface area contributed by atoms with E-state index in [4.69, 9.17) is 9.15 Å². The van der Waals surface area contributed by atoms with Crippen LogP contribution >= 0.6 is 0 Å². The molecule has 1 amide bonds. The number of aryl methyl sites for hydroxylation is 1. The van der Waals surface area contributed by atoms with Gasteiger partial charge in [0.2, 0.25) is 0 Å². The highest BCUT2D eigenvalue weighted by Crippen LogP contribution is 2.23. The Bertz CT molecular complexity index is 676. The fourth-order valence-electron chi connectivity index (χ4n) is 2.11. The number of furan rings is 1. The van der Waals surface area contributed by atoms with Gasteiger partial charge in [-0.15, -0.1) is 0 Å². The second-order valence-corrected chi connectivity index (χ2v) is 4.76. The van der Waals surface area contributed by atoms with Gasteiger partial charge in [-0.1, -0.05) is 0 Å². The third-order valence-electron chi connectivity index (χ3n) is 3.26. The molecule has 0 saturated heterocycles. The lowest BCUT2D eigenvalue weighted by Gasteiger charge is -2.11. The van der Waals surface area contributed by atoms with E-state index in [9.17, 15) is 14.7 Å². The summed E-state index contributed by atoms with van der Waals surface area (Å²) in [6, 6.07) is 6.49. The van der Waals surface area contributed by atoms with Gasteiger partial charge in [0.25, 0.3) is 5.91 Å². The summed E-state index contributed by atoms with van der Waals surface area (Å²) in [6.45, 7) is 2.13. The lowest BCUT2D eigenvalue weighted by Crippen LogP contribution is -2.26. The number of aromatic carboxylic acids is 1. The maximum absolute atomic E-state index is 12.2. The van der Waals surface area contributed by atoms with Gasteiger partial charge in [0, 0.05) is 18.5 Å². The van der Waals surface area contributed by atoms with Crippen molar-refractivity contribution < 1.29 is 23.8 Å². The number of amides is 1. The van der Waals surface area contributed by atoms with Crippen LogP contribution in [-0.2, 0) is 6.42 Å². The molecule has 0 spiro atoms. The van der Waals surface area contributed by atoms with E-state index >= 15 is 0 Å². The molecule has 0 radical (unpaired) electrons. The van der Waals surface area contributed by atoms with Crippen molar-refractivity contribution in [2.45, 2.75) is 13.3 Å². The molecule has 0 atom stereocenters. The predicted octanol–water partition coefficient (Wildman–Crippen LogP) is 2.27. The first kappa shape index (κ1) is 15.6. The second-order valence-electron chi connectivity index (χ2n) is 4.76. The molecule has 116 valence electrons. The fourth-order valence-corrected chi connectivity index (χ4v) is 2.11. The number of hydrogen-bond donors (Lipinski definition) is 2. The molecule has 0 aliphatic carbocycles. The van der Waals surface area contributed by atoms with Crippen LogP contribution in [0, 0.1) is 6.92 Å². The maximum atomic E-state index is 12.2. The highest BCUT2D eigenvalue weighted by Gasteiger charge is 2.17. The molecule has 0 bridgehead atoms. The Balaban J connectivity index is 2.11. The van der Waals surface area contributed by atoms with Gasteiger partial charge in [-0.2, -0.15) is 0 Å². The first-order chi connectivity index (χ1) is 10.5. The molecule has 0 aliphatic heterocycles. The first-order valence-corrected chi connectivity index (χ1v) is 6.75. The zero-order valence-corrected chi connectivity index (χ0v) is 12.4. The standard InChI is InChI=1S/C16H17NO5/c1-10-8-14(21-2)13(16(19)20)9-12(10)15(18)17-6-5-11-4-3-7-22-11/h3-4,7-9H,5-6H2,1-2H3,(H,17,18)(H,19,20). The van der Waals surface area contributed by atoms with Crippen molar-refractivity contribution in [1.82, 2.24) is 5.32 Å². The highest BCUT2D eigenvalue weighted by molar-refractivity contribution is 6.00. The van der Waals surface area contributed by atoms with Crippen molar-refractivity contribution in [3.05, 3.63) is 53.0 Å². The average Bonchev–Trinajstić information content (AvgIpc) is 2.99. The van der Waals surface area contributed by atoms with Gasteiger partial charge in [0.1, 0.15) is 17.1 Å². The van der Waals surface area contributed by atoms with E-state index in [1.807, 2.05) is 6.07 Å². The molecule has 6 heteroatoms. The summed E-state index contributed by atoms with van der Waals surface area (Å²) in [4.78, 5) is 23.4. The number of carbonyl (C=O) groups is 2. The summed E-state index contributed by atoms with van der Waals surface area (Å²) in [6.07, 6.45) is 2.14. The molecule has 6 nitrogen and oxygen atoms in total. The van der Waals surface area contributed by atoms with E-state index in [2.05, 4.69) is 5.32 Å². The molecule has 1 aromatic heterocycles. The molecule has 2 rings (SSSR count). The quantitative estimate of drug-likeness (QED) is 0.854. The Kier molecular flexibility index (Phi) is 4.83. The summed E-state index contributed by atoms with van der Waals surface area (Å²) < 4.78 is 10.2. The highest BCUT2D eigenvalue weighted by atomic mass is 16.5. The van der Waals surface area contributed by atoms with Crippen LogP contribution in [0.5, 0.6) is 5.75 Å². The summed E-state index contributed by atoms with van der Waals surface area (Å²) in [5.74, 6) is -0.453. The molecule has 2 aromatic rings. The number of ether oxygens (including phenoxy) is 1. The molecule has 0 aliphatic rings. The molecular formula is C16H17NO5. The average molecular weight is 303 g/mol. The lowest BCUT2D eigenvalue weighted by molar-refractivity contribution is 0.0693. The number of carbonyl (C=O) groups excluding carboxylic acids is 1. The number of benzene rings is 1. The number of methoxy groups -OCH3 is 1. The number of nitrogens with one attached hydrogen (secondary N) is 1. The molecular weight excluding hydrogens is 286 g/mol. The van der Waals surface area contributed by atoms with Crippen LogP contribution in [0.2, 0.25) is 0 Å². The minimum atomic E-state index is -1.14. The summed E-state index contributed by atoms with van der Waals surface area (Å²) >= 11 is 0. The molecule has 1 heterocycles. The first-order valence-electron chi connectivity index (χ1n) is 6.75. The van der Waals surface area contributed by atoms with Crippen molar-refractivity contribution in [2.75, 3.05) is 13.7 Å². The van der Waals surface area contributed by atoms with Crippen molar-refractivity contribution in [3.63, 3.8) is 0 Å². The minimum absolute atomic E-state index is 0.0377. The SMILES string of the molecule is COc1cc(C)c(C(=O)NCCc2ccco2)cc1C(=O)O. The van der Waals surface area contributed by atoms with E-state index < -0.39 is 5.97 Å². The summed E-state index contributed by atoms with van der Waals surface area (Å²) in [5, 5.41) is 11.9. The van der Waals surface area contributed by atoms with E-state index in [1.54, 1.807) is 25.3 Å². The van der Waals surface area contributed by atoms with Crippen LogP contribution in [0.25, 0.3) is 0 Å². The molecule has 0 unspecified atom stereocenters. The Morgan fingerprint density at radius 3 is 2.68 bits per heavy atom. The zero-order chi connectivity index (χ0) is 16.1. The Morgan fingerprint density at radius 1 is 1.32 bits per heavy atom. The van der Waals surface area contributed by atoms with Crippen molar-refractivity contribution in [1.29, 1.82) is 0 Å². The fraction of sp³-hybridized carbons (Fsp3) is 0.250. The van der Waals surface area contributed by atoms with Crippen LogP contribution in [0.4, 0.5) is 0 Å². The number of carboxylic acids is 1. The molecule has 2 N–H and O–H groups in total. The van der Waals surface area contributed by atoms with Gasteiger partial charge in [0.05, 0.1) is 13.4 Å². The normalized spacial score (nSPS) is 10.3. The number of rotatable bonds is 6. The Morgan fingerprint density at radius 2 is 2.09 bits per heavy atom. The van der Waals surface area contributed by atoms with Crippen LogP contribution in [0.3, 0.4) is 0 Å². The molecule has 1 aromatic carbocycles. The monoisotopic (exact) mass is 303 g/mol. The second kappa shape index (κ2) is 6.80. The third-order valence-corrected chi connectivity index (χ3v) is 3.26. The number of carboxylic acid groups (broad SMARTS) is 1. The van der Waals surface area contributed by atoms with E-state index in [0.29, 0.717) is 24.1 Å². The van der Waals surface area contributed by atoms with E-state index in [1.165, 1.54) is 13.2 Å². The lowest BCUT2D eigenvalue weighted by atomic mass is 10.0. The molecule has 0 saturated carbocycles. The third kappa shape index (κ3) is 3.46. The van der Waals surface area contributed by atoms with Crippen LogP contribution < -0.4 is 10.1 Å². The van der Waals surface area contributed by atoms with Gasteiger partial charge < -0.3 is 19.6 Å². The van der Waals surface area contributed by atoms with Gasteiger partial charge in [-0.3, -0.25) is 4.79 Å². The van der Waals surface area contributed by atoms with Crippen molar-refractivity contribution in [3.8, 4) is 5.75 Å². The summed E-state index contributed by atoms with van der Waals surface area (Å²) in [7, 11) is 1.39. The van der Waals surface area contributed by atoms with Crippen LogP contribution in [0.15, 0.2) is 34.9 Å². The van der Waals surface area contributed by atoms with Gasteiger partial charge in [-0.25, -0.2) is 4.79 Å². The van der Waals surface area contributed by atoms with Crippen LogP contribution in [-0.4, -0.2) is 30.6 Å².